The number of rotatable bonds is 5. The van der Waals surface area contributed by atoms with Crippen LogP contribution in [0.4, 0.5) is 0 Å². The monoisotopic (exact) mass is 247 g/mol. The van der Waals surface area contributed by atoms with Gasteiger partial charge in [0.1, 0.15) is 6.29 Å². The summed E-state index contributed by atoms with van der Waals surface area (Å²) in [7, 11) is 2.06. The molecule has 1 atom stereocenters. The molecule has 1 fully saturated rings. The summed E-state index contributed by atoms with van der Waals surface area (Å²) in [5, 5.41) is 0. The van der Waals surface area contributed by atoms with E-state index in [1.807, 2.05) is 18.2 Å². The van der Waals surface area contributed by atoms with Crippen LogP contribution in [0.25, 0.3) is 0 Å². The van der Waals surface area contributed by atoms with Crippen molar-refractivity contribution in [3.63, 3.8) is 0 Å². The summed E-state index contributed by atoms with van der Waals surface area (Å²) in [6.07, 6.45) is 3.02. The molecular formula is C15H21NO2. The lowest BCUT2D eigenvalue weighted by Crippen LogP contribution is -2.42. The van der Waals surface area contributed by atoms with Crippen molar-refractivity contribution in [3.05, 3.63) is 35.9 Å². The standard InChI is InChI=1S/C15H21NO2/c1-16(10-14-6-3-2-4-7-14)11-15(12-17)8-5-9-18-13-15/h2-4,6-7,12H,5,8-11,13H2,1H3. The van der Waals surface area contributed by atoms with Gasteiger partial charge in [0.2, 0.25) is 0 Å². The molecule has 1 aliphatic rings. The van der Waals surface area contributed by atoms with Gasteiger partial charge in [-0.25, -0.2) is 0 Å². The minimum atomic E-state index is -0.304. The summed E-state index contributed by atoms with van der Waals surface area (Å²) in [5.41, 5.74) is 0.972. The SMILES string of the molecule is CN(Cc1ccccc1)CC1(C=O)CCCOC1. The Bertz CT molecular complexity index is 371. The molecule has 1 aliphatic heterocycles. The van der Waals surface area contributed by atoms with Gasteiger partial charge in [-0.2, -0.15) is 0 Å². The molecule has 0 spiro atoms. The first-order chi connectivity index (χ1) is 8.74. The first-order valence-electron chi connectivity index (χ1n) is 6.51. The van der Waals surface area contributed by atoms with E-state index in [9.17, 15) is 4.79 Å². The van der Waals surface area contributed by atoms with Gasteiger partial charge >= 0.3 is 0 Å². The molecule has 1 heterocycles. The lowest BCUT2D eigenvalue weighted by atomic mass is 9.83. The summed E-state index contributed by atoms with van der Waals surface area (Å²) < 4.78 is 5.47. The van der Waals surface area contributed by atoms with Crippen LogP contribution >= 0.6 is 0 Å². The van der Waals surface area contributed by atoms with Crippen LogP contribution in [0.1, 0.15) is 18.4 Å². The largest absolute Gasteiger partial charge is 0.380 e. The quantitative estimate of drug-likeness (QED) is 0.746. The molecule has 0 radical (unpaired) electrons. The van der Waals surface area contributed by atoms with Gasteiger partial charge in [0.15, 0.2) is 0 Å². The lowest BCUT2D eigenvalue weighted by molar-refractivity contribution is -0.125. The van der Waals surface area contributed by atoms with E-state index in [0.29, 0.717) is 6.61 Å². The average Bonchev–Trinajstić information content (AvgIpc) is 2.41. The fourth-order valence-corrected chi connectivity index (χ4v) is 2.62. The number of hydrogen-bond acceptors (Lipinski definition) is 3. The van der Waals surface area contributed by atoms with E-state index in [2.05, 4.69) is 24.1 Å². The number of hydrogen-bond donors (Lipinski definition) is 0. The normalized spacial score (nSPS) is 24.1. The van der Waals surface area contributed by atoms with Gasteiger partial charge < -0.3 is 14.4 Å². The Hall–Kier alpha value is -1.19. The molecule has 0 N–H and O–H groups in total. The Morgan fingerprint density at radius 3 is 2.78 bits per heavy atom. The van der Waals surface area contributed by atoms with Crippen LogP contribution in [0.15, 0.2) is 30.3 Å². The molecule has 3 heteroatoms. The van der Waals surface area contributed by atoms with Crippen LogP contribution in [0, 0.1) is 5.41 Å². The van der Waals surface area contributed by atoms with Gasteiger partial charge in [0, 0.05) is 19.7 Å². The predicted octanol–water partition coefficient (Wildman–Crippen LogP) is 2.11. The molecule has 0 bridgehead atoms. The highest BCUT2D eigenvalue weighted by Gasteiger charge is 2.33. The van der Waals surface area contributed by atoms with Crippen molar-refractivity contribution in [2.45, 2.75) is 19.4 Å². The summed E-state index contributed by atoms with van der Waals surface area (Å²) in [4.78, 5) is 13.6. The number of benzene rings is 1. The van der Waals surface area contributed by atoms with Crippen LogP contribution in [0.5, 0.6) is 0 Å². The summed E-state index contributed by atoms with van der Waals surface area (Å²) in [6.45, 7) is 3.00. The predicted molar refractivity (Wildman–Crippen MR) is 71.3 cm³/mol. The van der Waals surface area contributed by atoms with Crippen molar-refractivity contribution in [2.75, 3.05) is 26.8 Å². The van der Waals surface area contributed by atoms with Crippen molar-refractivity contribution in [1.29, 1.82) is 0 Å². The third kappa shape index (κ3) is 3.40. The molecule has 0 aromatic heterocycles. The average molecular weight is 247 g/mol. The summed E-state index contributed by atoms with van der Waals surface area (Å²) >= 11 is 0. The second-order valence-electron chi connectivity index (χ2n) is 5.29. The van der Waals surface area contributed by atoms with E-state index in [4.69, 9.17) is 4.74 Å². The maximum atomic E-state index is 11.4. The van der Waals surface area contributed by atoms with E-state index in [1.165, 1.54) is 5.56 Å². The molecule has 1 aromatic carbocycles. The highest BCUT2D eigenvalue weighted by Crippen LogP contribution is 2.27. The Labute approximate surface area is 109 Å². The van der Waals surface area contributed by atoms with Gasteiger partial charge in [-0.3, -0.25) is 0 Å². The fraction of sp³-hybridized carbons (Fsp3) is 0.533. The minimum absolute atomic E-state index is 0.304. The molecule has 2 rings (SSSR count). The van der Waals surface area contributed by atoms with Gasteiger partial charge in [0.05, 0.1) is 12.0 Å². The molecule has 0 amide bonds. The fourth-order valence-electron chi connectivity index (χ4n) is 2.62. The Balaban J connectivity index is 1.93. The van der Waals surface area contributed by atoms with E-state index >= 15 is 0 Å². The minimum Gasteiger partial charge on any atom is -0.380 e. The first kappa shape index (κ1) is 13.2. The van der Waals surface area contributed by atoms with Crippen molar-refractivity contribution in [2.24, 2.45) is 5.41 Å². The number of aldehydes is 1. The Morgan fingerprint density at radius 2 is 2.17 bits per heavy atom. The molecule has 1 unspecified atom stereocenters. The zero-order valence-electron chi connectivity index (χ0n) is 11.0. The van der Waals surface area contributed by atoms with Crippen LogP contribution in [-0.2, 0) is 16.1 Å². The van der Waals surface area contributed by atoms with E-state index < -0.39 is 0 Å². The number of nitrogens with zero attached hydrogens (tertiary/aromatic N) is 1. The van der Waals surface area contributed by atoms with Crippen molar-refractivity contribution in [3.8, 4) is 0 Å². The van der Waals surface area contributed by atoms with Crippen LogP contribution in [0.3, 0.4) is 0 Å². The zero-order chi connectivity index (χ0) is 12.8. The smallest absolute Gasteiger partial charge is 0.129 e. The maximum Gasteiger partial charge on any atom is 0.129 e. The van der Waals surface area contributed by atoms with Gasteiger partial charge in [0.25, 0.3) is 0 Å². The van der Waals surface area contributed by atoms with Crippen LogP contribution in [0.2, 0.25) is 0 Å². The molecular weight excluding hydrogens is 226 g/mol. The van der Waals surface area contributed by atoms with Gasteiger partial charge in [-0.1, -0.05) is 30.3 Å². The molecule has 0 aliphatic carbocycles. The van der Waals surface area contributed by atoms with Gasteiger partial charge in [-0.05, 0) is 25.5 Å². The van der Waals surface area contributed by atoms with Crippen molar-refractivity contribution < 1.29 is 9.53 Å². The first-order valence-corrected chi connectivity index (χ1v) is 6.51. The van der Waals surface area contributed by atoms with E-state index in [1.54, 1.807) is 0 Å². The van der Waals surface area contributed by atoms with E-state index in [0.717, 1.165) is 38.8 Å². The molecule has 1 aromatic rings. The highest BCUT2D eigenvalue weighted by molar-refractivity contribution is 5.60. The van der Waals surface area contributed by atoms with Crippen molar-refractivity contribution in [1.82, 2.24) is 4.90 Å². The number of carbonyl (C=O) groups is 1. The number of carbonyl (C=O) groups excluding carboxylic acids is 1. The molecule has 3 nitrogen and oxygen atoms in total. The second kappa shape index (κ2) is 6.12. The van der Waals surface area contributed by atoms with Crippen LogP contribution < -0.4 is 0 Å². The molecule has 0 saturated carbocycles. The third-order valence-electron chi connectivity index (χ3n) is 3.48. The van der Waals surface area contributed by atoms with E-state index in [-0.39, 0.29) is 5.41 Å². The highest BCUT2D eigenvalue weighted by atomic mass is 16.5. The third-order valence-corrected chi connectivity index (χ3v) is 3.48. The topological polar surface area (TPSA) is 29.5 Å². The van der Waals surface area contributed by atoms with Gasteiger partial charge in [-0.15, -0.1) is 0 Å². The zero-order valence-corrected chi connectivity index (χ0v) is 11.0. The number of ether oxygens (including phenoxy) is 1. The molecule has 1 saturated heterocycles. The second-order valence-corrected chi connectivity index (χ2v) is 5.29. The Morgan fingerprint density at radius 1 is 1.39 bits per heavy atom. The Kier molecular flexibility index (Phi) is 4.50. The maximum absolute atomic E-state index is 11.4. The van der Waals surface area contributed by atoms with Crippen molar-refractivity contribution >= 4 is 6.29 Å². The molecule has 18 heavy (non-hydrogen) atoms. The van der Waals surface area contributed by atoms with Crippen LogP contribution in [-0.4, -0.2) is 38.0 Å². The summed E-state index contributed by atoms with van der Waals surface area (Å²) in [5.74, 6) is 0. The summed E-state index contributed by atoms with van der Waals surface area (Å²) in [6, 6.07) is 10.3. The lowest BCUT2D eigenvalue weighted by Gasteiger charge is -2.35. The molecule has 98 valence electrons.